The van der Waals surface area contributed by atoms with E-state index in [1.54, 1.807) is 30.5 Å². The van der Waals surface area contributed by atoms with E-state index in [4.69, 9.17) is 0 Å². The average Bonchev–Trinajstić information content (AvgIpc) is 3.31. The molecule has 2 N–H and O–H groups in total. The highest BCUT2D eigenvalue weighted by Crippen LogP contribution is 2.33. The Morgan fingerprint density at radius 3 is 3.00 bits per heavy atom. The minimum atomic E-state index is -0.610. The molecule has 0 aliphatic heterocycles. The van der Waals surface area contributed by atoms with Crippen molar-refractivity contribution in [2.24, 2.45) is 0 Å². The van der Waals surface area contributed by atoms with Gasteiger partial charge in [-0.05, 0) is 38.0 Å². The standard InChI is InChI=1S/C18H21N5O2/c1-11-20-13-4-3-12(9-14(13)21-11)18(25)22(2)15-5-6-16(17(15)24)23-8-7-19-10-23/h3-4,7-10,15-17,24H,5-6H2,1-2H3,(H,20,21)/t15-,16-,17-/m1/s1. The third kappa shape index (κ3) is 2.70. The van der Waals surface area contributed by atoms with Crippen molar-refractivity contribution in [2.75, 3.05) is 7.05 Å². The van der Waals surface area contributed by atoms with Crippen LogP contribution in [-0.4, -0.2) is 54.6 Å². The molecule has 0 unspecified atom stereocenters. The Hall–Kier alpha value is -2.67. The first-order valence-electron chi connectivity index (χ1n) is 8.43. The topological polar surface area (TPSA) is 87.0 Å². The van der Waals surface area contributed by atoms with Gasteiger partial charge >= 0.3 is 0 Å². The zero-order chi connectivity index (χ0) is 17.6. The summed E-state index contributed by atoms with van der Waals surface area (Å²) in [4.78, 5) is 26.1. The van der Waals surface area contributed by atoms with Gasteiger partial charge in [0, 0.05) is 25.0 Å². The summed E-state index contributed by atoms with van der Waals surface area (Å²) in [6.45, 7) is 1.89. The average molecular weight is 339 g/mol. The molecule has 7 nitrogen and oxygen atoms in total. The van der Waals surface area contributed by atoms with Gasteiger partial charge in [0.2, 0.25) is 0 Å². The Labute approximate surface area is 145 Å². The van der Waals surface area contributed by atoms with E-state index < -0.39 is 6.10 Å². The maximum Gasteiger partial charge on any atom is 0.254 e. The maximum atomic E-state index is 12.9. The lowest BCUT2D eigenvalue weighted by Crippen LogP contribution is -2.43. The number of carbonyl (C=O) groups is 1. The molecule has 1 saturated carbocycles. The molecule has 1 aliphatic carbocycles. The number of fused-ring (bicyclic) bond motifs is 1. The van der Waals surface area contributed by atoms with Crippen LogP contribution in [0.25, 0.3) is 11.0 Å². The number of aliphatic hydroxyl groups is 1. The summed E-state index contributed by atoms with van der Waals surface area (Å²) >= 11 is 0. The summed E-state index contributed by atoms with van der Waals surface area (Å²) < 4.78 is 1.92. The van der Waals surface area contributed by atoms with E-state index in [1.165, 1.54) is 0 Å². The fraction of sp³-hybridized carbons (Fsp3) is 0.389. The second kappa shape index (κ2) is 6.00. The number of H-pyrrole nitrogens is 1. The molecule has 4 rings (SSSR count). The molecule has 0 bridgehead atoms. The number of aryl methyl sites for hydroxylation is 1. The molecule has 0 radical (unpaired) electrons. The van der Waals surface area contributed by atoms with Gasteiger partial charge in [-0.2, -0.15) is 0 Å². The number of nitrogens with zero attached hydrogens (tertiary/aromatic N) is 4. The first-order valence-corrected chi connectivity index (χ1v) is 8.43. The Morgan fingerprint density at radius 2 is 2.24 bits per heavy atom. The first kappa shape index (κ1) is 15.8. The number of imidazole rings is 2. The number of rotatable bonds is 3. The van der Waals surface area contributed by atoms with Crippen LogP contribution in [0, 0.1) is 6.92 Å². The van der Waals surface area contributed by atoms with Crippen LogP contribution in [0.1, 0.15) is 35.1 Å². The van der Waals surface area contributed by atoms with Gasteiger partial charge in [-0.1, -0.05) is 0 Å². The molecular formula is C18H21N5O2. The van der Waals surface area contributed by atoms with Crippen LogP contribution in [0.4, 0.5) is 0 Å². The summed E-state index contributed by atoms with van der Waals surface area (Å²) in [5.74, 6) is 0.729. The van der Waals surface area contributed by atoms with Gasteiger partial charge in [-0.25, -0.2) is 9.97 Å². The molecule has 2 aromatic heterocycles. The number of carbonyl (C=O) groups excluding carboxylic acids is 1. The highest BCUT2D eigenvalue weighted by atomic mass is 16.3. The third-order valence-corrected chi connectivity index (χ3v) is 5.12. The molecular weight excluding hydrogens is 318 g/mol. The molecule has 0 spiro atoms. The predicted molar refractivity (Wildman–Crippen MR) is 93.2 cm³/mol. The number of aromatic amines is 1. The largest absolute Gasteiger partial charge is 0.389 e. The van der Waals surface area contributed by atoms with Gasteiger partial charge in [-0.15, -0.1) is 0 Å². The molecule has 7 heteroatoms. The number of hydrogen-bond acceptors (Lipinski definition) is 4. The molecule has 1 aliphatic rings. The lowest BCUT2D eigenvalue weighted by molar-refractivity contribution is 0.0443. The SMILES string of the molecule is Cc1nc2ccc(C(=O)N(C)[C@@H]3CC[C@@H](n4ccnc4)[C@@H]3O)cc2[nH]1. The normalized spacial score (nSPS) is 23.2. The molecule has 3 atom stereocenters. The molecule has 1 fully saturated rings. The van der Waals surface area contributed by atoms with E-state index in [0.29, 0.717) is 5.56 Å². The Morgan fingerprint density at radius 1 is 1.40 bits per heavy atom. The van der Waals surface area contributed by atoms with E-state index >= 15 is 0 Å². The van der Waals surface area contributed by atoms with Crippen LogP contribution in [0.15, 0.2) is 36.9 Å². The van der Waals surface area contributed by atoms with Crippen LogP contribution in [0.3, 0.4) is 0 Å². The minimum absolute atomic E-state index is 0.0412. The van der Waals surface area contributed by atoms with Gasteiger partial charge in [0.05, 0.1) is 35.5 Å². The van der Waals surface area contributed by atoms with Gasteiger partial charge in [0.15, 0.2) is 0 Å². The zero-order valence-electron chi connectivity index (χ0n) is 14.3. The molecule has 1 amide bonds. The summed E-state index contributed by atoms with van der Waals surface area (Å²) in [5.41, 5.74) is 2.29. The Bertz CT molecular complexity index is 901. The molecule has 2 heterocycles. The molecule has 130 valence electrons. The van der Waals surface area contributed by atoms with Gasteiger partial charge in [0.25, 0.3) is 5.91 Å². The summed E-state index contributed by atoms with van der Waals surface area (Å²) in [6, 6.07) is 5.21. The van der Waals surface area contributed by atoms with Crippen molar-refractivity contribution < 1.29 is 9.90 Å². The predicted octanol–water partition coefficient (Wildman–Crippen LogP) is 1.90. The number of aliphatic hydroxyl groups excluding tert-OH is 1. The van der Waals surface area contributed by atoms with Crippen molar-refractivity contribution >= 4 is 16.9 Å². The molecule has 0 saturated heterocycles. The number of amides is 1. The summed E-state index contributed by atoms with van der Waals surface area (Å²) in [7, 11) is 1.76. The van der Waals surface area contributed by atoms with Crippen molar-refractivity contribution in [3.8, 4) is 0 Å². The number of nitrogens with one attached hydrogen (secondary N) is 1. The molecule has 3 aromatic rings. The quantitative estimate of drug-likeness (QED) is 0.763. The minimum Gasteiger partial charge on any atom is -0.389 e. The van der Waals surface area contributed by atoms with Crippen molar-refractivity contribution in [1.82, 2.24) is 24.4 Å². The first-order chi connectivity index (χ1) is 12.0. The van der Waals surface area contributed by atoms with E-state index in [0.717, 1.165) is 29.7 Å². The van der Waals surface area contributed by atoms with Crippen LogP contribution >= 0.6 is 0 Å². The maximum absolute atomic E-state index is 12.9. The van der Waals surface area contributed by atoms with Crippen LogP contribution in [0.2, 0.25) is 0 Å². The summed E-state index contributed by atoms with van der Waals surface area (Å²) in [5, 5.41) is 10.7. The molecule has 1 aromatic carbocycles. The Kier molecular flexibility index (Phi) is 3.80. The van der Waals surface area contributed by atoms with Gasteiger partial charge in [-0.3, -0.25) is 4.79 Å². The smallest absolute Gasteiger partial charge is 0.254 e. The van der Waals surface area contributed by atoms with E-state index in [2.05, 4.69) is 15.0 Å². The Balaban J connectivity index is 1.55. The third-order valence-electron chi connectivity index (χ3n) is 5.12. The lowest BCUT2D eigenvalue weighted by atomic mass is 10.1. The number of likely N-dealkylation sites (N-methyl/N-ethyl adjacent to an activating group) is 1. The fourth-order valence-electron chi connectivity index (χ4n) is 3.78. The second-order valence-corrected chi connectivity index (χ2v) is 6.68. The number of benzene rings is 1. The highest BCUT2D eigenvalue weighted by molar-refractivity contribution is 5.97. The summed E-state index contributed by atoms with van der Waals surface area (Å²) in [6.07, 6.45) is 6.24. The van der Waals surface area contributed by atoms with Crippen molar-refractivity contribution in [3.63, 3.8) is 0 Å². The zero-order valence-corrected chi connectivity index (χ0v) is 14.3. The second-order valence-electron chi connectivity index (χ2n) is 6.68. The highest BCUT2D eigenvalue weighted by Gasteiger charge is 2.39. The van der Waals surface area contributed by atoms with Crippen molar-refractivity contribution in [3.05, 3.63) is 48.3 Å². The van der Waals surface area contributed by atoms with Crippen LogP contribution in [0.5, 0.6) is 0 Å². The lowest BCUT2D eigenvalue weighted by Gasteiger charge is -2.29. The number of aromatic nitrogens is 4. The van der Waals surface area contributed by atoms with Crippen molar-refractivity contribution in [2.45, 2.75) is 38.0 Å². The molecule has 25 heavy (non-hydrogen) atoms. The van der Waals surface area contributed by atoms with Crippen molar-refractivity contribution in [1.29, 1.82) is 0 Å². The van der Waals surface area contributed by atoms with E-state index in [1.807, 2.05) is 29.8 Å². The van der Waals surface area contributed by atoms with Gasteiger partial charge < -0.3 is 19.6 Å². The van der Waals surface area contributed by atoms with Gasteiger partial charge in [0.1, 0.15) is 5.82 Å². The van der Waals surface area contributed by atoms with E-state index in [9.17, 15) is 9.90 Å². The van der Waals surface area contributed by atoms with Crippen LogP contribution in [-0.2, 0) is 0 Å². The fourth-order valence-corrected chi connectivity index (χ4v) is 3.78. The number of hydrogen-bond donors (Lipinski definition) is 2. The monoisotopic (exact) mass is 339 g/mol. The van der Waals surface area contributed by atoms with E-state index in [-0.39, 0.29) is 18.0 Å². The van der Waals surface area contributed by atoms with Crippen LogP contribution < -0.4 is 0 Å².